The summed E-state index contributed by atoms with van der Waals surface area (Å²) in [5, 5.41) is 11.2. The average Bonchev–Trinajstić information content (AvgIpc) is 2.29. The van der Waals surface area contributed by atoms with Crippen LogP contribution in [0.3, 0.4) is 0 Å². The van der Waals surface area contributed by atoms with Crippen LogP contribution in [0.4, 0.5) is 5.69 Å². The van der Waals surface area contributed by atoms with Crippen LogP contribution in [-0.2, 0) is 9.59 Å². The Bertz CT molecular complexity index is 534. The van der Waals surface area contributed by atoms with E-state index < -0.39 is 5.97 Å². The second kappa shape index (κ2) is 6.13. The Hall–Kier alpha value is -2.17. The summed E-state index contributed by atoms with van der Waals surface area (Å²) in [7, 11) is 0. The molecule has 102 valence electrons. The fourth-order valence-electron chi connectivity index (χ4n) is 1.70. The number of carboxylic acids is 1. The second-order valence-electron chi connectivity index (χ2n) is 4.48. The summed E-state index contributed by atoms with van der Waals surface area (Å²) < 4.78 is 0. The largest absolute Gasteiger partial charge is 0.481 e. The third-order valence-corrected chi connectivity index (χ3v) is 2.81. The molecule has 0 aliphatic heterocycles. The number of hydrogen-bond acceptors (Lipinski definition) is 3. The van der Waals surface area contributed by atoms with Gasteiger partial charge in [-0.25, -0.2) is 0 Å². The second-order valence-corrected chi connectivity index (χ2v) is 4.48. The predicted octanol–water partition coefficient (Wildman–Crippen LogP) is 2.31. The number of carbonyl (C=O) groups is 3. The highest BCUT2D eigenvalue weighted by molar-refractivity contribution is 6.05. The monoisotopic (exact) mass is 263 g/mol. The SMILES string of the molecule is CC(=O)Nc1cc(C)c(C)cc1C(=O)CCC(=O)O. The summed E-state index contributed by atoms with van der Waals surface area (Å²) in [6.07, 6.45) is -0.296. The molecule has 1 aromatic carbocycles. The maximum absolute atomic E-state index is 12.0. The van der Waals surface area contributed by atoms with Crippen LogP contribution >= 0.6 is 0 Å². The first-order chi connectivity index (χ1) is 8.81. The van der Waals surface area contributed by atoms with E-state index >= 15 is 0 Å². The number of ketones is 1. The number of amides is 1. The van der Waals surface area contributed by atoms with Gasteiger partial charge in [-0.3, -0.25) is 14.4 Å². The molecule has 0 aliphatic rings. The zero-order valence-electron chi connectivity index (χ0n) is 11.2. The van der Waals surface area contributed by atoms with Crippen molar-refractivity contribution in [3.63, 3.8) is 0 Å². The maximum atomic E-state index is 12.0. The first kappa shape index (κ1) is 14.9. The van der Waals surface area contributed by atoms with Crippen molar-refractivity contribution in [2.45, 2.75) is 33.6 Å². The summed E-state index contributed by atoms with van der Waals surface area (Å²) in [5.74, 6) is -1.57. The van der Waals surface area contributed by atoms with Crippen LogP contribution in [0.15, 0.2) is 12.1 Å². The first-order valence-electron chi connectivity index (χ1n) is 5.95. The Morgan fingerprint density at radius 1 is 1.11 bits per heavy atom. The molecule has 2 N–H and O–H groups in total. The number of nitrogens with one attached hydrogen (secondary N) is 1. The van der Waals surface area contributed by atoms with E-state index in [0.717, 1.165) is 11.1 Å². The van der Waals surface area contributed by atoms with Crippen LogP contribution in [-0.4, -0.2) is 22.8 Å². The third-order valence-electron chi connectivity index (χ3n) is 2.81. The van der Waals surface area contributed by atoms with E-state index in [1.807, 2.05) is 13.8 Å². The molecule has 0 unspecified atom stereocenters. The minimum Gasteiger partial charge on any atom is -0.481 e. The van der Waals surface area contributed by atoms with Gasteiger partial charge >= 0.3 is 5.97 Å². The molecule has 0 saturated heterocycles. The minimum absolute atomic E-state index is 0.0789. The van der Waals surface area contributed by atoms with Gasteiger partial charge in [-0.1, -0.05) is 0 Å². The van der Waals surface area contributed by atoms with Gasteiger partial charge in [-0.2, -0.15) is 0 Å². The molecular formula is C14H17NO4. The van der Waals surface area contributed by atoms with Crippen LogP contribution in [0, 0.1) is 13.8 Å². The van der Waals surface area contributed by atoms with Gasteiger partial charge in [-0.05, 0) is 37.1 Å². The molecule has 0 fully saturated rings. The molecule has 0 radical (unpaired) electrons. The Morgan fingerprint density at radius 3 is 2.21 bits per heavy atom. The van der Waals surface area contributed by atoms with E-state index in [2.05, 4.69) is 5.32 Å². The van der Waals surface area contributed by atoms with E-state index in [1.165, 1.54) is 6.92 Å². The van der Waals surface area contributed by atoms with Crippen LogP contribution in [0.25, 0.3) is 0 Å². The zero-order valence-corrected chi connectivity index (χ0v) is 11.2. The molecule has 1 rings (SSSR count). The van der Waals surface area contributed by atoms with Crippen molar-refractivity contribution in [1.82, 2.24) is 0 Å². The number of carbonyl (C=O) groups excluding carboxylic acids is 2. The molecule has 0 saturated carbocycles. The van der Waals surface area contributed by atoms with Crippen LogP contribution in [0.1, 0.15) is 41.3 Å². The van der Waals surface area contributed by atoms with Crippen molar-refractivity contribution in [1.29, 1.82) is 0 Å². The topological polar surface area (TPSA) is 83.5 Å². The zero-order chi connectivity index (χ0) is 14.6. The summed E-state index contributed by atoms with van der Waals surface area (Å²) in [6.45, 7) is 5.10. The summed E-state index contributed by atoms with van der Waals surface area (Å²) >= 11 is 0. The summed E-state index contributed by atoms with van der Waals surface area (Å²) in [4.78, 5) is 33.6. The highest BCUT2D eigenvalue weighted by Crippen LogP contribution is 2.23. The molecule has 0 atom stereocenters. The lowest BCUT2D eigenvalue weighted by Gasteiger charge is -2.12. The molecule has 1 aromatic rings. The standard InChI is InChI=1S/C14H17NO4/c1-8-6-11(13(17)4-5-14(18)19)12(7-9(8)2)15-10(3)16/h6-7H,4-5H2,1-3H3,(H,15,16)(H,18,19). The van der Waals surface area contributed by atoms with E-state index in [0.29, 0.717) is 11.3 Å². The van der Waals surface area contributed by atoms with Crippen molar-refractivity contribution < 1.29 is 19.5 Å². The van der Waals surface area contributed by atoms with Gasteiger partial charge in [0.2, 0.25) is 5.91 Å². The average molecular weight is 263 g/mol. The molecule has 0 heterocycles. The van der Waals surface area contributed by atoms with Gasteiger partial charge < -0.3 is 10.4 Å². The number of aliphatic carboxylic acids is 1. The Morgan fingerprint density at radius 2 is 1.68 bits per heavy atom. The Balaban J connectivity index is 3.09. The number of anilines is 1. The van der Waals surface area contributed by atoms with Crippen molar-refractivity contribution in [3.05, 3.63) is 28.8 Å². The minimum atomic E-state index is -1.02. The number of carboxylic acid groups (broad SMARTS) is 1. The lowest BCUT2D eigenvalue weighted by atomic mass is 9.98. The van der Waals surface area contributed by atoms with Gasteiger partial charge in [0, 0.05) is 18.9 Å². The molecule has 0 aliphatic carbocycles. The number of benzene rings is 1. The van der Waals surface area contributed by atoms with Crippen LogP contribution in [0.2, 0.25) is 0 Å². The fourth-order valence-corrected chi connectivity index (χ4v) is 1.70. The highest BCUT2D eigenvalue weighted by Gasteiger charge is 2.15. The van der Waals surface area contributed by atoms with Crippen molar-refractivity contribution in [2.24, 2.45) is 0 Å². The van der Waals surface area contributed by atoms with Gasteiger partial charge in [0.15, 0.2) is 5.78 Å². The van der Waals surface area contributed by atoms with Gasteiger partial charge in [-0.15, -0.1) is 0 Å². The molecule has 0 bridgehead atoms. The number of Topliss-reactive ketones (excluding diaryl/α,β-unsaturated/α-hetero) is 1. The number of hydrogen-bond donors (Lipinski definition) is 2. The summed E-state index contributed by atoms with van der Waals surface area (Å²) in [6, 6.07) is 3.41. The smallest absolute Gasteiger partial charge is 0.303 e. The van der Waals surface area contributed by atoms with Crippen LogP contribution in [0.5, 0.6) is 0 Å². The molecule has 5 nitrogen and oxygen atoms in total. The third kappa shape index (κ3) is 4.21. The van der Waals surface area contributed by atoms with Crippen molar-refractivity contribution >= 4 is 23.3 Å². The predicted molar refractivity (Wildman–Crippen MR) is 71.4 cm³/mol. The van der Waals surface area contributed by atoms with E-state index in [1.54, 1.807) is 12.1 Å². The number of aryl methyl sites for hydroxylation is 2. The van der Waals surface area contributed by atoms with Gasteiger partial charge in [0.1, 0.15) is 0 Å². The Labute approximate surface area is 111 Å². The van der Waals surface area contributed by atoms with Crippen molar-refractivity contribution in [2.75, 3.05) is 5.32 Å². The van der Waals surface area contributed by atoms with Crippen LogP contribution < -0.4 is 5.32 Å². The maximum Gasteiger partial charge on any atom is 0.303 e. The van der Waals surface area contributed by atoms with Crippen molar-refractivity contribution in [3.8, 4) is 0 Å². The van der Waals surface area contributed by atoms with E-state index in [9.17, 15) is 14.4 Å². The van der Waals surface area contributed by atoms with Gasteiger partial charge in [0.05, 0.1) is 12.1 Å². The molecule has 0 aromatic heterocycles. The molecule has 19 heavy (non-hydrogen) atoms. The normalized spacial score (nSPS) is 10.1. The first-order valence-corrected chi connectivity index (χ1v) is 5.95. The highest BCUT2D eigenvalue weighted by atomic mass is 16.4. The Kier molecular flexibility index (Phi) is 4.80. The molecular weight excluding hydrogens is 246 g/mol. The molecule has 0 spiro atoms. The van der Waals surface area contributed by atoms with E-state index in [4.69, 9.17) is 5.11 Å². The van der Waals surface area contributed by atoms with E-state index in [-0.39, 0.29) is 24.5 Å². The summed E-state index contributed by atoms with van der Waals surface area (Å²) in [5.41, 5.74) is 2.68. The number of rotatable bonds is 5. The molecule has 5 heteroatoms. The van der Waals surface area contributed by atoms with Gasteiger partial charge in [0.25, 0.3) is 0 Å². The quantitative estimate of drug-likeness (QED) is 0.798. The lowest BCUT2D eigenvalue weighted by Crippen LogP contribution is -2.12. The lowest BCUT2D eigenvalue weighted by molar-refractivity contribution is -0.137. The molecule has 1 amide bonds. The fraction of sp³-hybridized carbons (Fsp3) is 0.357.